The molecule has 0 atom stereocenters. The van der Waals surface area contributed by atoms with Crippen LogP contribution in [-0.4, -0.2) is 28.7 Å². The lowest BCUT2D eigenvalue weighted by Gasteiger charge is -2.08. The Kier molecular flexibility index (Phi) is 3.81. The zero-order chi connectivity index (χ0) is 14.8. The van der Waals surface area contributed by atoms with Crippen LogP contribution in [0, 0.1) is 0 Å². The molecule has 2 aromatic heterocycles. The van der Waals surface area contributed by atoms with E-state index < -0.39 is 0 Å². The van der Waals surface area contributed by atoms with E-state index in [4.69, 9.17) is 9.47 Å². The molecule has 2 heterocycles. The molecule has 3 rings (SSSR count). The monoisotopic (exact) mass is 304 g/mol. The standard InChI is InChI=1S/C15H16N2O3S/c1-19-13-4-3-10(6-14(13)20-2)5-12-8-17-11(9-18)7-16-15(17)21-12/h3-4,6-8,18H,5,9H2,1-2H3. The molecule has 0 bridgehead atoms. The zero-order valence-electron chi connectivity index (χ0n) is 11.9. The Morgan fingerprint density at radius 1 is 1.24 bits per heavy atom. The minimum atomic E-state index is -0.00625. The first kappa shape index (κ1) is 13.9. The summed E-state index contributed by atoms with van der Waals surface area (Å²) in [6, 6.07) is 5.91. The highest BCUT2D eigenvalue weighted by molar-refractivity contribution is 7.17. The molecule has 1 aromatic carbocycles. The van der Waals surface area contributed by atoms with E-state index >= 15 is 0 Å². The van der Waals surface area contributed by atoms with Crippen molar-refractivity contribution in [1.29, 1.82) is 0 Å². The number of aliphatic hydroxyl groups excluding tert-OH is 1. The number of aromatic nitrogens is 2. The molecular weight excluding hydrogens is 288 g/mol. The minimum absolute atomic E-state index is 0.00625. The van der Waals surface area contributed by atoms with Crippen LogP contribution in [0.3, 0.4) is 0 Å². The Balaban J connectivity index is 1.89. The lowest BCUT2D eigenvalue weighted by Crippen LogP contribution is -1.93. The first-order valence-electron chi connectivity index (χ1n) is 6.51. The number of imidazole rings is 1. The maximum Gasteiger partial charge on any atom is 0.194 e. The van der Waals surface area contributed by atoms with E-state index in [0.29, 0.717) is 0 Å². The zero-order valence-corrected chi connectivity index (χ0v) is 12.7. The van der Waals surface area contributed by atoms with Crippen molar-refractivity contribution < 1.29 is 14.6 Å². The number of rotatable bonds is 5. The van der Waals surface area contributed by atoms with Crippen LogP contribution in [0.25, 0.3) is 4.96 Å². The summed E-state index contributed by atoms with van der Waals surface area (Å²) in [5, 5.41) is 9.26. The molecule has 5 nitrogen and oxygen atoms in total. The van der Waals surface area contributed by atoms with Crippen molar-refractivity contribution in [3.63, 3.8) is 0 Å². The van der Waals surface area contributed by atoms with Crippen molar-refractivity contribution in [2.45, 2.75) is 13.0 Å². The first-order valence-corrected chi connectivity index (χ1v) is 7.33. The van der Waals surface area contributed by atoms with E-state index in [-0.39, 0.29) is 6.61 Å². The van der Waals surface area contributed by atoms with Crippen molar-refractivity contribution >= 4 is 16.3 Å². The average Bonchev–Trinajstić information content (AvgIpc) is 3.06. The molecule has 0 saturated carbocycles. The summed E-state index contributed by atoms with van der Waals surface area (Å²) in [7, 11) is 3.26. The highest BCUT2D eigenvalue weighted by Gasteiger charge is 2.10. The molecule has 1 N–H and O–H groups in total. The van der Waals surface area contributed by atoms with Crippen molar-refractivity contribution in [1.82, 2.24) is 9.38 Å². The number of benzene rings is 1. The Morgan fingerprint density at radius 3 is 2.76 bits per heavy atom. The van der Waals surface area contributed by atoms with Gasteiger partial charge in [0, 0.05) is 17.5 Å². The quantitative estimate of drug-likeness (QED) is 0.787. The van der Waals surface area contributed by atoms with Gasteiger partial charge in [-0.05, 0) is 17.7 Å². The van der Waals surface area contributed by atoms with Gasteiger partial charge < -0.3 is 14.6 Å². The lowest BCUT2D eigenvalue weighted by molar-refractivity contribution is 0.276. The van der Waals surface area contributed by atoms with Crippen LogP contribution < -0.4 is 9.47 Å². The van der Waals surface area contributed by atoms with Crippen molar-refractivity contribution in [2.75, 3.05) is 14.2 Å². The van der Waals surface area contributed by atoms with Crippen LogP contribution in [0.15, 0.2) is 30.6 Å². The molecule has 0 amide bonds. The molecule has 0 radical (unpaired) electrons. The number of fused-ring (bicyclic) bond motifs is 1. The second-order valence-corrected chi connectivity index (χ2v) is 5.72. The summed E-state index contributed by atoms with van der Waals surface area (Å²) >= 11 is 1.62. The molecule has 110 valence electrons. The maximum absolute atomic E-state index is 9.26. The number of hydrogen-bond donors (Lipinski definition) is 1. The van der Waals surface area contributed by atoms with Gasteiger partial charge in [0.05, 0.1) is 32.7 Å². The molecule has 0 saturated heterocycles. The van der Waals surface area contributed by atoms with Crippen LogP contribution >= 0.6 is 11.3 Å². The fourth-order valence-electron chi connectivity index (χ4n) is 2.27. The Labute approximate surface area is 126 Å². The third-order valence-corrected chi connectivity index (χ3v) is 4.32. The molecular formula is C15H16N2O3S. The summed E-state index contributed by atoms with van der Waals surface area (Å²) in [5.74, 6) is 1.46. The normalized spacial score (nSPS) is 11.0. The molecule has 0 spiro atoms. The van der Waals surface area contributed by atoms with Crippen LogP contribution in [0.5, 0.6) is 11.5 Å². The van der Waals surface area contributed by atoms with Gasteiger partial charge in [0.25, 0.3) is 0 Å². The molecule has 0 aliphatic rings. The number of nitrogens with zero attached hydrogens (tertiary/aromatic N) is 2. The van der Waals surface area contributed by atoms with Gasteiger partial charge in [0.2, 0.25) is 0 Å². The number of aliphatic hydroxyl groups is 1. The van der Waals surface area contributed by atoms with Crippen molar-refractivity contribution in [2.24, 2.45) is 0 Å². The van der Waals surface area contributed by atoms with Gasteiger partial charge in [0.1, 0.15) is 0 Å². The van der Waals surface area contributed by atoms with Crippen LogP contribution in [-0.2, 0) is 13.0 Å². The number of hydrogen-bond acceptors (Lipinski definition) is 5. The van der Waals surface area contributed by atoms with E-state index in [9.17, 15) is 5.11 Å². The summed E-state index contributed by atoms with van der Waals surface area (Å²) in [5.41, 5.74) is 1.95. The number of methoxy groups -OCH3 is 2. The Bertz CT molecular complexity index is 763. The molecule has 0 aliphatic carbocycles. The molecule has 3 aromatic rings. The average molecular weight is 304 g/mol. The van der Waals surface area contributed by atoms with Gasteiger partial charge in [-0.15, -0.1) is 11.3 Å². The Morgan fingerprint density at radius 2 is 2.05 bits per heavy atom. The fourth-order valence-corrected chi connectivity index (χ4v) is 3.27. The van der Waals surface area contributed by atoms with E-state index in [1.807, 2.05) is 28.8 Å². The molecule has 0 fully saturated rings. The van der Waals surface area contributed by atoms with Crippen LogP contribution in [0.2, 0.25) is 0 Å². The van der Waals surface area contributed by atoms with Gasteiger partial charge >= 0.3 is 0 Å². The van der Waals surface area contributed by atoms with Gasteiger partial charge in [-0.25, -0.2) is 4.98 Å². The van der Waals surface area contributed by atoms with E-state index in [2.05, 4.69) is 4.98 Å². The summed E-state index contributed by atoms with van der Waals surface area (Å²) < 4.78 is 12.5. The SMILES string of the molecule is COc1ccc(Cc2cn3c(CO)cnc3s2)cc1OC. The fraction of sp³-hybridized carbons (Fsp3) is 0.267. The lowest BCUT2D eigenvalue weighted by atomic mass is 10.1. The summed E-state index contributed by atoms with van der Waals surface area (Å²) in [4.78, 5) is 6.37. The van der Waals surface area contributed by atoms with E-state index in [1.54, 1.807) is 31.8 Å². The minimum Gasteiger partial charge on any atom is -0.493 e. The van der Waals surface area contributed by atoms with Crippen LogP contribution in [0.1, 0.15) is 16.1 Å². The third-order valence-electron chi connectivity index (χ3n) is 3.32. The number of thiazole rings is 1. The molecule has 6 heteroatoms. The summed E-state index contributed by atoms with van der Waals surface area (Å²) in [6.07, 6.45) is 4.51. The first-order chi connectivity index (χ1) is 10.2. The van der Waals surface area contributed by atoms with Gasteiger partial charge in [0.15, 0.2) is 16.5 Å². The maximum atomic E-state index is 9.26. The summed E-state index contributed by atoms with van der Waals surface area (Å²) in [6.45, 7) is -0.00625. The van der Waals surface area contributed by atoms with Gasteiger partial charge in [-0.2, -0.15) is 0 Å². The predicted octanol–water partition coefficient (Wildman–Crippen LogP) is 2.50. The Hall–Kier alpha value is -2.05. The highest BCUT2D eigenvalue weighted by atomic mass is 32.1. The van der Waals surface area contributed by atoms with Gasteiger partial charge in [-0.3, -0.25) is 4.40 Å². The predicted molar refractivity (Wildman–Crippen MR) is 81.3 cm³/mol. The van der Waals surface area contributed by atoms with E-state index in [0.717, 1.165) is 34.1 Å². The smallest absolute Gasteiger partial charge is 0.194 e. The molecule has 0 unspecified atom stereocenters. The van der Waals surface area contributed by atoms with E-state index in [1.165, 1.54) is 4.88 Å². The second kappa shape index (κ2) is 5.75. The topological polar surface area (TPSA) is 56.0 Å². The third kappa shape index (κ3) is 2.59. The van der Waals surface area contributed by atoms with Gasteiger partial charge in [-0.1, -0.05) is 6.07 Å². The van der Waals surface area contributed by atoms with Crippen LogP contribution in [0.4, 0.5) is 0 Å². The largest absolute Gasteiger partial charge is 0.493 e. The molecule has 0 aliphatic heterocycles. The number of ether oxygens (including phenoxy) is 2. The second-order valence-electron chi connectivity index (χ2n) is 4.62. The molecule has 21 heavy (non-hydrogen) atoms. The highest BCUT2D eigenvalue weighted by Crippen LogP contribution is 2.29. The van der Waals surface area contributed by atoms with Crippen molar-refractivity contribution in [3.8, 4) is 11.5 Å². The van der Waals surface area contributed by atoms with Crippen molar-refractivity contribution in [3.05, 3.63) is 46.7 Å².